The Kier molecular flexibility index (Phi) is 4.69. The highest BCUT2D eigenvalue weighted by Crippen LogP contribution is 2.35. The summed E-state index contributed by atoms with van der Waals surface area (Å²) in [5.41, 5.74) is 0.944. The largest absolute Gasteiger partial charge is 0.467 e. The first-order chi connectivity index (χ1) is 11.5. The Morgan fingerprint density at radius 2 is 1.96 bits per heavy atom. The Morgan fingerprint density at radius 3 is 2.71 bits per heavy atom. The van der Waals surface area contributed by atoms with Gasteiger partial charge in [-0.15, -0.1) is 0 Å². The van der Waals surface area contributed by atoms with Crippen molar-refractivity contribution in [3.63, 3.8) is 0 Å². The van der Waals surface area contributed by atoms with Gasteiger partial charge >= 0.3 is 5.97 Å². The molecule has 1 aliphatic rings. The molecule has 0 spiro atoms. The second-order valence-electron chi connectivity index (χ2n) is 5.32. The summed E-state index contributed by atoms with van der Waals surface area (Å²) >= 11 is 6.47. The molecule has 24 heavy (non-hydrogen) atoms. The molecule has 1 fully saturated rings. The second kappa shape index (κ2) is 6.75. The predicted octanol–water partition coefficient (Wildman–Crippen LogP) is 3.60. The summed E-state index contributed by atoms with van der Waals surface area (Å²) in [4.78, 5) is 26.2. The van der Waals surface area contributed by atoms with E-state index in [-0.39, 0.29) is 5.91 Å². The van der Waals surface area contributed by atoms with Gasteiger partial charge in [-0.1, -0.05) is 66.4 Å². The third kappa shape index (κ3) is 2.95. The fraction of sp³-hybridized carbons (Fsp3) is 0.167. The molecule has 0 radical (unpaired) electrons. The summed E-state index contributed by atoms with van der Waals surface area (Å²) in [6.07, 6.45) is 1.83. The van der Waals surface area contributed by atoms with Gasteiger partial charge in [-0.05, 0) is 29.3 Å². The lowest BCUT2D eigenvalue weighted by Gasteiger charge is -2.20. The van der Waals surface area contributed by atoms with Crippen molar-refractivity contribution in [2.75, 3.05) is 7.11 Å². The van der Waals surface area contributed by atoms with Crippen molar-refractivity contribution in [2.24, 2.45) is 0 Å². The number of benzene rings is 2. The van der Waals surface area contributed by atoms with Gasteiger partial charge in [0.25, 0.3) is 5.91 Å². The minimum atomic E-state index is -0.735. The first-order valence-corrected chi connectivity index (χ1v) is 8.58. The van der Waals surface area contributed by atoms with Gasteiger partial charge in [-0.3, -0.25) is 9.69 Å². The van der Waals surface area contributed by atoms with E-state index in [0.717, 1.165) is 16.3 Å². The van der Waals surface area contributed by atoms with Gasteiger partial charge in [0, 0.05) is 0 Å². The van der Waals surface area contributed by atoms with Gasteiger partial charge in [-0.25, -0.2) is 4.79 Å². The van der Waals surface area contributed by atoms with Crippen LogP contribution in [0.5, 0.6) is 0 Å². The monoisotopic (exact) mass is 357 g/mol. The molecular weight excluding hydrogens is 342 g/mol. The molecule has 2 aromatic carbocycles. The SMILES string of the molecule is COC(=O)C(C)N1C(=O)/C(=C/c2cccc3ccccc23)SC1=S. The number of ether oxygens (including phenoxy) is 1. The highest BCUT2D eigenvalue weighted by atomic mass is 32.2. The van der Waals surface area contributed by atoms with E-state index in [1.165, 1.54) is 23.8 Å². The summed E-state index contributed by atoms with van der Waals surface area (Å²) in [6, 6.07) is 13.2. The fourth-order valence-electron chi connectivity index (χ4n) is 2.61. The molecule has 1 unspecified atom stereocenters. The number of carbonyl (C=O) groups is 2. The molecule has 1 amide bonds. The minimum Gasteiger partial charge on any atom is -0.467 e. The standard InChI is InChI=1S/C18H15NO3S2/c1-11(17(21)22-2)19-16(20)15(24-18(19)23)10-13-8-5-7-12-6-3-4-9-14(12)13/h3-11H,1-2H3/b15-10-. The molecule has 0 aromatic heterocycles. The summed E-state index contributed by atoms with van der Waals surface area (Å²) in [5, 5.41) is 2.16. The van der Waals surface area contributed by atoms with Crippen LogP contribution in [0.15, 0.2) is 47.4 Å². The molecule has 4 nitrogen and oxygen atoms in total. The van der Waals surface area contributed by atoms with Crippen molar-refractivity contribution in [3.8, 4) is 0 Å². The lowest BCUT2D eigenvalue weighted by molar-refractivity contribution is -0.147. The van der Waals surface area contributed by atoms with Crippen LogP contribution in [-0.4, -0.2) is 34.2 Å². The van der Waals surface area contributed by atoms with E-state index in [1.54, 1.807) is 6.92 Å². The first kappa shape index (κ1) is 16.7. The molecule has 1 saturated heterocycles. The third-order valence-electron chi connectivity index (χ3n) is 3.86. The number of fused-ring (bicyclic) bond motifs is 1. The van der Waals surface area contributed by atoms with Gasteiger partial charge in [0.1, 0.15) is 10.4 Å². The molecule has 6 heteroatoms. The Labute approximate surface area is 149 Å². The zero-order chi connectivity index (χ0) is 17.3. The van der Waals surface area contributed by atoms with Crippen molar-refractivity contribution < 1.29 is 14.3 Å². The first-order valence-electron chi connectivity index (χ1n) is 7.35. The average Bonchev–Trinajstić information content (AvgIpc) is 2.87. The Hall–Kier alpha value is -2.18. The summed E-state index contributed by atoms with van der Waals surface area (Å²) < 4.78 is 5.08. The maximum Gasteiger partial charge on any atom is 0.328 e. The van der Waals surface area contributed by atoms with Crippen molar-refractivity contribution >= 4 is 57.0 Å². The molecule has 0 bridgehead atoms. The molecule has 0 N–H and O–H groups in total. The number of thioether (sulfide) groups is 1. The van der Waals surface area contributed by atoms with E-state index in [9.17, 15) is 9.59 Å². The van der Waals surface area contributed by atoms with E-state index < -0.39 is 12.0 Å². The van der Waals surface area contributed by atoms with Crippen LogP contribution in [0.3, 0.4) is 0 Å². The van der Waals surface area contributed by atoms with E-state index >= 15 is 0 Å². The van der Waals surface area contributed by atoms with Gasteiger partial charge in [0.15, 0.2) is 0 Å². The second-order valence-corrected chi connectivity index (χ2v) is 6.99. The smallest absolute Gasteiger partial charge is 0.328 e. The molecule has 0 saturated carbocycles. The van der Waals surface area contributed by atoms with Crippen LogP contribution in [0, 0.1) is 0 Å². The van der Waals surface area contributed by atoms with E-state index in [1.807, 2.05) is 48.5 Å². The number of methoxy groups -OCH3 is 1. The number of amides is 1. The summed E-state index contributed by atoms with van der Waals surface area (Å²) in [6.45, 7) is 1.61. The maximum absolute atomic E-state index is 12.7. The van der Waals surface area contributed by atoms with E-state index in [4.69, 9.17) is 17.0 Å². The lowest BCUT2D eigenvalue weighted by Crippen LogP contribution is -2.42. The Balaban J connectivity index is 1.98. The van der Waals surface area contributed by atoms with Crippen LogP contribution in [0.2, 0.25) is 0 Å². The quantitative estimate of drug-likeness (QED) is 0.477. The Bertz CT molecular complexity index is 870. The fourth-order valence-corrected chi connectivity index (χ4v) is 4.02. The van der Waals surface area contributed by atoms with Crippen LogP contribution < -0.4 is 0 Å². The number of nitrogens with zero attached hydrogens (tertiary/aromatic N) is 1. The minimum absolute atomic E-state index is 0.268. The van der Waals surface area contributed by atoms with Crippen molar-refractivity contribution in [3.05, 3.63) is 52.9 Å². The van der Waals surface area contributed by atoms with Crippen LogP contribution in [0.1, 0.15) is 12.5 Å². The van der Waals surface area contributed by atoms with Crippen LogP contribution in [0.4, 0.5) is 0 Å². The molecular formula is C18H15NO3S2. The number of rotatable bonds is 3. The van der Waals surface area contributed by atoms with Gasteiger partial charge < -0.3 is 4.74 Å². The summed E-state index contributed by atoms with van der Waals surface area (Å²) in [5.74, 6) is -0.756. The van der Waals surface area contributed by atoms with Crippen molar-refractivity contribution in [1.82, 2.24) is 4.90 Å². The number of hydrogen-bond donors (Lipinski definition) is 0. The highest BCUT2D eigenvalue weighted by molar-refractivity contribution is 8.26. The predicted molar refractivity (Wildman–Crippen MR) is 100 cm³/mol. The molecule has 122 valence electrons. The van der Waals surface area contributed by atoms with Crippen LogP contribution >= 0.6 is 24.0 Å². The molecule has 1 aliphatic heterocycles. The van der Waals surface area contributed by atoms with Gasteiger partial charge in [0.2, 0.25) is 0 Å². The van der Waals surface area contributed by atoms with Crippen molar-refractivity contribution in [2.45, 2.75) is 13.0 Å². The molecule has 1 heterocycles. The normalized spacial score (nSPS) is 17.6. The number of esters is 1. The molecule has 2 aromatic rings. The average molecular weight is 357 g/mol. The number of thiocarbonyl (C=S) groups is 1. The topological polar surface area (TPSA) is 46.6 Å². The van der Waals surface area contributed by atoms with Crippen molar-refractivity contribution in [1.29, 1.82) is 0 Å². The van der Waals surface area contributed by atoms with Gasteiger partial charge in [-0.2, -0.15) is 0 Å². The van der Waals surface area contributed by atoms with Gasteiger partial charge in [0.05, 0.1) is 12.0 Å². The molecule has 1 atom stereocenters. The lowest BCUT2D eigenvalue weighted by atomic mass is 10.0. The Morgan fingerprint density at radius 1 is 1.25 bits per heavy atom. The molecule has 3 rings (SSSR count). The van der Waals surface area contributed by atoms with Crippen LogP contribution in [0.25, 0.3) is 16.8 Å². The number of carbonyl (C=O) groups excluding carboxylic acids is 2. The zero-order valence-corrected chi connectivity index (χ0v) is 14.8. The summed E-state index contributed by atoms with van der Waals surface area (Å²) in [7, 11) is 1.29. The van der Waals surface area contributed by atoms with E-state index in [0.29, 0.717) is 9.23 Å². The maximum atomic E-state index is 12.7. The zero-order valence-electron chi connectivity index (χ0n) is 13.2. The highest BCUT2D eigenvalue weighted by Gasteiger charge is 2.38. The number of hydrogen-bond acceptors (Lipinski definition) is 5. The molecule has 0 aliphatic carbocycles. The third-order valence-corrected chi connectivity index (χ3v) is 5.19. The van der Waals surface area contributed by atoms with E-state index in [2.05, 4.69) is 0 Å². The van der Waals surface area contributed by atoms with Crippen LogP contribution in [-0.2, 0) is 14.3 Å².